The molecule has 3 aromatic carbocycles. The maximum atomic E-state index is 11.7. The number of carboxylic acids is 3. The first kappa shape index (κ1) is 46.4. The topological polar surface area (TPSA) is 238 Å². The Labute approximate surface area is 374 Å². The summed E-state index contributed by atoms with van der Waals surface area (Å²) in [5, 5.41) is 45.6. The zero-order valence-corrected chi connectivity index (χ0v) is 35.5. The summed E-state index contributed by atoms with van der Waals surface area (Å²) in [4.78, 5) is 40.5. The molecule has 20 heteroatoms. The third-order valence-corrected chi connectivity index (χ3v) is 11.5. The van der Waals surface area contributed by atoms with Crippen molar-refractivity contribution < 1.29 is 57.1 Å². The lowest BCUT2D eigenvalue weighted by Crippen LogP contribution is -2.25. The van der Waals surface area contributed by atoms with Crippen molar-refractivity contribution >= 4 is 39.7 Å². The molecule has 2 saturated carbocycles. The monoisotopic (exact) mass is 910 g/mol. The van der Waals surface area contributed by atoms with Gasteiger partial charge in [-0.2, -0.15) is 13.2 Å². The number of halogens is 3. The predicted octanol–water partition coefficient (Wildman–Crippen LogP) is 8.48. The van der Waals surface area contributed by atoms with Gasteiger partial charge in [0.05, 0.1) is 24.7 Å². The second kappa shape index (κ2) is 20.9. The minimum atomic E-state index is -5.08. The Kier molecular flexibility index (Phi) is 14.7. The lowest BCUT2D eigenvalue weighted by molar-refractivity contribution is -0.192. The number of rotatable bonds is 11. The molecule has 4 heterocycles. The second-order valence-electron chi connectivity index (χ2n) is 15.7. The first-order chi connectivity index (χ1) is 31.7. The molecule has 0 amide bonds. The number of nitrogens with one attached hydrogen (secondary N) is 1. The van der Waals surface area contributed by atoms with E-state index in [0.29, 0.717) is 18.4 Å². The van der Waals surface area contributed by atoms with Crippen LogP contribution in [0.15, 0.2) is 97.3 Å². The summed E-state index contributed by atoms with van der Waals surface area (Å²) < 4.78 is 50.4. The molecule has 344 valence electrons. The van der Waals surface area contributed by atoms with E-state index in [0.717, 1.165) is 84.5 Å². The van der Waals surface area contributed by atoms with Crippen molar-refractivity contribution in [1.82, 2.24) is 40.4 Å². The molecule has 0 spiro atoms. The number of hydrogen-bond donors (Lipinski definition) is 4. The van der Waals surface area contributed by atoms with Crippen LogP contribution in [0.4, 0.5) is 13.2 Å². The Hall–Kier alpha value is -7.64. The van der Waals surface area contributed by atoms with Crippen LogP contribution >= 0.6 is 0 Å². The summed E-state index contributed by atoms with van der Waals surface area (Å²) in [6.45, 7) is 0.361. The van der Waals surface area contributed by atoms with E-state index >= 15 is 0 Å². The predicted molar refractivity (Wildman–Crippen MR) is 231 cm³/mol. The van der Waals surface area contributed by atoms with Crippen molar-refractivity contribution in [2.75, 3.05) is 7.11 Å². The molecular formula is C46H45F3N8O9. The highest BCUT2D eigenvalue weighted by Crippen LogP contribution is 2.37. The van der Waals surface area contributed by atoms with Gasteiger partial charge in [-0.15, -0.1) is 5.10 Å². The Balaban J connectivity index is 0.000000177. The number of benzene rings is 3. The molecule has 0 bridgehead atoms. The number of carboxylic acid groups (broad SMARTS) is 3. The smallest absolute Gasteiger partial charge is 0.490 e. The van der Waals surface area contributed by atoms with Crippen LogP contribution in [-0.2, 0) is 11.3 Å². The summed E-state index contributed by atoms with van der Waals surface area (Å²) in [6.07, 6.45) is 5.76. The lowest BCUT2D eigenvalue weighted by Gasteiger charge is -2.29. The second-order valence-corrected chi connectivity index (χ2v) is 15.7. The maximum absolute atomic E-state index is 11.7. The Morgan fingerprint density at radius 2 is 1.24 bits per heavy atom. The van der Waals surface area contributed by atoms with Crippen LogP contribution in [0.2, 0.25) is 0 Å². The summed E-state index contributed by atoms with van der Waals surface area (Å²) in [5.41, 5.74) is 5.35. The van der Waals surface area contributed by atoms with Gasteiger partial charge in [-0.1, -0.05) is 51.9 Å². The number of aliphatic carboxylic acids is 1. The van der Waals surface area contributed by atoms with Gasteiger partial charge in [0, 0.05) is 23.2 Å². The highest BCUT2D eigenvalue weighted by atomic mass is 19.4. The fraction of sp³-hybridized carbons (Fsp3) is 0.326. The quantitative estimate of drug-likeness (QED) is 0.0952. The standard InChI is InChI=1S/C26H26N4O4.C18H18N4O3.C2HF3O2/c1-33-21-9-4-17(5-10-21)16-30-25(24(26(31)32)28-29-30)34-22-11-6-18(7-12-22)19-8-13-23-20(15-19)3-2-14-27-23;23-18(24)16-17(21-22-20-16)25-14-6-3-11(4-7-14)12-5-8-15-13(10-12)2-1-9-19-15;3-2(4,5)1(6)7/h2-5,8-10,13-15,18,22H,6-7,11-12,16H2,1H3,(H,31,32);1-2,5,8-11,14H,3-4,6-7H2,(H,23,24)(H,20,21,22);(H,6,7). The minimum absolute atomic E-state index is 0.0263. The SMILES string of the molecule is COc1ccc(Cn2nnc(C(=O)O)c2OC2CCC(c3ccc4ncccc4c3)CC2)cc1.O=C(O)C(F)(F)F.O=C(O)c1[nH]nnc1OC1CCC(c2ccc3ncccc3c2)CC1. The number of aromatic nitrogens is 8. The lowest BCUT2D eigenvalue weighted by atomic mass is 9.82. The fourth-order valence-electron chi connectivity index (χ4n) is 8.04. The normalized spacial score (nSPS) is 18.2. The highest BCUT2D eigenvalue weighted by molar-refractivity contribution is 5.88. The number of fused-ring (bicyclic) bond motifs is 2. The molecule has 4 N–H and O–H groups in total. The molecule has 7 aromatic rings. The van der Waals surface area contributed by atoms with Crippen LogP contribution in [-0.4, -0.2) is 99.1 Å². The van der Waals surface area contributed by atoms with E-state index in [-0.39, 0.29) is 35.4 Å². The van der Waals surface area contributed by atoms with E-state index in [9.17, 15) is 27.9 Å². The Bertz CT molecular complexity index is 2770. The molecule has 4 aromatic heterocycles. The van der Waals surface area contributed by atoms with Gasteiger partial charge in [-0.05, 0) is 128 Å². The zero-order chi connectivity index (χ0) is 46.8. The van der Waals surface area contributed by atoms with Gasteiger partial charge in [0.25, 0.3) is 5.88 Å². The van der Waals surface area contributed by atoms with E-state index in [2.05, 4.69) is 84.2 Å². The molecule has 0 radical (unpaired) electrons. The first-order valence-corrected chi connectivity index (χ1v) is 21.0. The van der Waals surface area contributed by atoms with Crippen LogP contribution in [0.5, 0.6) is 17.5 Å². The number of methoxy groups -OCH3 is 1. The van der Waals surface area contributed by atoms with Crippen molar-refractivity contribution in [2.24, 2.45) is 0 Å². The van der Waals surface area contributed by atoms with Gasteiger partial charge in [0.2, 0.25) is 17.3 Å². The Morgan fingerprint density at radius 3 is 1.73 bits per heavy atom. The maximum Gasteiger partial charge on any atom is 0.490 e. The number of pyridine rings is 2. The molecule has 2 aliphatic carbocycles. The van der Waals surface area contributed by atoms with Crippen molar-refractivity contribution in [2.45, 2.75) is 88.1 Å². The molecule has 66 heavy (non-hydrogen) atoms. The van der Waals surface area contributed by atoms with Crippen molar-refractivity contribution in [1.29, 1.82) is 0 Å². The Morgan fingerprint density at radius 1 is 0.712 bits per heavy atom. The fourth-order valence-corrected chi connectivity index (χ4v) is 8.04. The number of aromatic amines is 1. The number of alkyl halides is 3. The van der Waals surface area contributed by atoms with Crippen LogP contribution in [0, 0.1) is 0 Å². The first-order valence-electron chi connectivity index (χ1n) is 21.0. The van der Waals surface area contributed by atoms with E-state index < -0.39 is 24.1 Å². The van der Waals surface area contributed by atoms with E-state index in [4.69, 9.17) is 29.2 Å². The van der Waals surface area contributed by atoms with Crippen LogP contribution in [0.1, 0.15) is 101 Å². The van der Waals surface area contributed by atoms with Gasteiger partial charge in [-0.3, -0.25) is 9.97 Å². The molecular weight excluding hydrogens is 866 g/mol. The van der Waals surface area contributed by atoms with Gasteiger partial charge >= 0.3 is 24.1 Å². The van der Waals surface area contributed by atoms with Gasteiger partial charge in [0.1, 0.15) is 18.0 Å². The average molecular weight is 911 g/mol. The molecule has 2 aliphatic rings. The van der Waals surface area contributed by atoms with Gasteiger partial charge < -0.3 is 29.5 Å². The molecule has 0 aliphatic heterocycles. The number of nitrogens with zero attached hydrogens (tertiary/aromatic N) is 7. The van der Waals surface area contributed by atoms with E-state index in [1.165, 1.54) is 15.8 Å². The van der Waals surface area contributed by atoms with Gasteiger partial charge in [-0.25, -0.2) is 24.2 Å². The minimum Gasteiger partial charge on any atom is -0.497 e. The number of ether oxygens (including phenoxy) is 3. The molecule has 9 rings (SSSR count). The van der Waals surface area contributed by atoms with Crippen LogP contribution in [0.25, 0.3) is 21.8 Å². The summed E-state index contributed by atoms with van der Waals surface area (Å²) >= 11 is 0. The van der Waals surface area contributed by atoms with E-state index in [1.54, 1.807) is 13.3 Å². The number of hydrogen-bond acceptors (Lipinski definition) is 12. The molecule has 0 unspecified atom stereocenters. The van der Waals surface area contributed by atoms with Crippen molar-refractivity contribution in [3.8, 4) is 17.5 Å². The molecule has 0 atom stereocenters. The van der Waals surface area contributed by atoms with Crippen molar-refractivity contribution in [3.05, 3.63) is 125 Å². The number of H-pyrrole nitrogens is 1. The van der Waals surface area contributed by atoms with Crippen LogP contribution < -0.4 is 14.2 Å². The average Bonchev–Trinajstić information content (AvgIpc) is 3.96. The summed E-state index contributed by atoms with van der Waals surface area (Å²) in [5.74, 6) is -3.03. The third kappa shape index (κ3) is 11.7. The highest BCUT2D eigenvalue weighted by Gasteiger charge is 2.38. The molecule has 0 saturated heterocycles. The number of carbonyl (C=O) groups is 3. The van der Waals surface area contributed by atoms with Crippen molar-refractivity contribution in [3.63, 3.8) is 0 Å². The van der Waals surface area contributed by atoms with E-state index in [1.807, 2.05) is 42.6 Å². The van der Waals surface area contributed by atoms with Crippen LogP contribution in [0.3, 0.4) is 0 Å². The zero-order valence-electron chi connectivity index (χ0n) is 35.5. The third-order valence-electron chi connectivity index (χ3n) is 11.5. The van der Waals surface area contributed by atoms with Gasteiger partial charge in [0.15, 0.2) is 0 Å². The molecule has 17 nitrogen and oxygen atoms in total. The summed E-state index contributed by atoms with van der Waals surface area (Å²) in [6, 6.07) is 28.5. The number of aromatic carboxylic acids is 2. The largest absolute Gasteiger partial charge is 0.497 e. The summed E-state index contributed by atoms with van der Waals surface area (Å²) in [7, 11) is 1.61. The molecule has 2 fully saturated rings.